The average Bonchev–Trinajstić information content (AvgIpc) is 2.72. The number of aromatic nitrogens is 6. The molecule has 0 atom stereocenters. The van der Waals surface area contributed by atoms with Crippen LogP contribution in [0.3, 0.4) is 0 Å². The van der Waals surface area contributed by atoms with E-state index in [9.17, 15) is 9.59 Å². The van der Waals surface area contributed by atoms with E-state index in [4.69, 9.17) is 0 Å². The number of hydrogen-bond acceptors (Lipinski definition) is 8. The smallest absolute Gasteiger partial charge is 0.272 e. The lowest BCUT2D eigenvalue weighted by Gasteiger charge is -2.08. The highest BCUT2D eigenvalue weighted by molar-refractivity contribution is 6.04. The summed E-state index contributed by atoms with van der Waals surface area (Å²) >= 11 is 0. The second kappa shape index (κ2) is 8.33. The molecule has 0 aliphatic heterocycles. The molecule has 3 rings (SSSR count). The van der Waals surface area contributed by atoms with Crippen LogP contribution in [0.4, 0.5) is 0 Å². The molecular formula is C16H14N8O2. The van der Waals surface area contributed by atoms with E-state index in [0.717, 1.165) is 0 Å². The minimum atomic E-state index is -0.534. The molecule has 3 aromatic rings. The van der Waals surface area contributed by atoms with Crippen molar-refractivity contribution in [3.8, 4) is 0 Å². The van der Waals surface area contributed by atoms with Gasteiger partial charge in [0.2, 0.25) is 0 Å². The van der Waals surface area contributed by atoms with Crippen molar-refractivity contribution in [2.24, 2.45) is 0 Å². The molecule has 0 aliphatic carbocycles. The van der Waals surface area contributed by atoms with Crippen LogP contribution in [0.2, 0.25) is 0 Å². The van der Waals surface area contributed by atoms with Gasteiger partial charge >= 0.3 is 0 Å². The van der Waals surface area contributed by atoms with Crippen molar-refractivity contribution in [1.82, 2.24) is 40.5 Å². The summed E-state index contributed by atoms with van der Waals surface area (Å²) in [4.78, 5) is 48.6. The molecule has 3 aromatic heterocycles. The van der Waals surface area contributed by atoms with Gasteiger partial charge in [-0.1, -0.05) is 0 Å². The predicted octanol–water partition coefficient (Wildman–Crippen LogP) is -0.0834. The third-order valence-corrected chi connectivity index (χ3v) is 3.22. The van der Waals surface area contributed by atoms with Gasteiger partial charge in [-0.15, -0.1) is 0 Å². The Morgan fingerprint density at radius 2 is 1.08 bits per heavy atom. The molecule has 0 bridgehead atoms. The van der Waals surface area contributed by atoms with Crippen molar-refractivity contribution in [3.05, 3.63) is 72.4 Å². The largest absolute Gasteiger partial charge is 0.345 e. The first kappa shape index (κ1) is 17.0. The van der Waals surface area contributed by atoms with Crippen molar-refractivity contribution in [2.45, 2.75) is 13.1 Å². The van der Waals surface area contributed by atoms with E-state index >= 15 is 0 Å². The van der Waals surface area contributed by atoms with Gasteiger partial charge in [-0.25, -0.2) is 9.97 Å². The highest BCUT2D eigenvalue weighted by atomic mass is 16.2. The zero-order valence-corrected chi connectivity index (χ0v) is 13.5. The minimum absolute atomic E-state index is 0.0759. The SMILES string of the molecule is O=C(NCc1cnccn1)c1nccnc1C(=O)NCc1cnccn1. The lowest BCUT2D eigenvalue weighted by Crippen LogP contribution is -2.31. The Bertz CT molecular complexity index is 815. The highest BCUT2D eigenvalue weighted by Crippen LogP contribution is 2.03. The second-order valence-corrected chi connectivity index (χ2v) is 5.01. The van der Waals surface area contributed by atoms with E-state index in [1.54, 1.807) is 0 Å². The summed E-state index contributed by atoms with van der Waals surface area (Å²) in [5, 5.41) is 5.28. The maximum Gasteiger partial charge on any atom is 0.272 e. The van der Waals surface area contributed by atoms with Crippen molar-refractivity contribution in [3.63, 3.8) is 0 Å². The standard InChI is InChI=1S/C16H14N8O2/c25-15(23-9-11-7-17-1-3-19-11)13-14(22-6-5-21-13)16(26)24-10-12-8-18-2-4-20-12/h1-8H,9-10H2,(H,23,25)(H,24,26). The fourth-order valence-electron chi connectivity index (χ4n) is 2.02. The molecule has 0 aliphatic rings. The molecule has 0 saturated heterocycles. The minimum Gasteiger partial charge on any atom is -0.345 e. The molecule has 2 N–H and O–H groups in total. The monoisotopic (exact) mass is 350 g/mol. The summed E-state index contributed by atoms with van der Waals surface area (Å²) in [6.45, 7) is 0.313. The van der Waals surface area contributed by atoms with Crippen molar-refractivity contribution in [1.29, 1.82) is 0 Å². The highest BCUT2D eigenvalue weighted by Gasteiger charge is 2.20. The first-order valence-electron chi connectivity index (χ1n) is 7.61. The Balaban J connectivity index is 1.66. The van der Waals surface area contributed by atoms with Gasteiger partial charge in [0.1, 0.15) is 0 Å². The van der Waals surface area contributed by atoms with E-state index in [-0.39, 0.29) is 24.5 Å². The Kier molecular flexibility index (Phi) is 5.45. The number of rotatable bonds is 6. The predicted molar refractivity (Wildman–Crippen MR) is 88.4 cm³/mol. The van der Waals surface area contributed by atoms with E-state index < -0.39 is 11.8 Å². The number of carbonyl (C=O) groups is 2. The van der Waals surface area contributed by atoms with Gasteiger partial charge in [0.25, 0.3) is 11.8 Å². The summed E-state index contributed by atoms with van der Waals surface area (Å²) in [6.07, 6.45) is 11.9. The third-order valence-electron chi connectivity index (χ3n) is 3.22. The average molecular weight is 350 g/mol. The van der Waals surface area contributed by atoms with Crippen molar-refractivity contribution >= 4 is 11.8 Å². The Morgan fingerprint density at radius 3 is 1.46 bits per heavy atom. The molecule has 3 heterocycles. The van der Waals surface area contributed by atoms with E-state index in [1.807, 2.05) is 0 Å². The summed E-state index contributed by atoms with van der Waals surface area (Å²) in [6, 6.07) is 0. The Morgan fingerprint density at radius 1 is 0.654 bits per heavy atom. The van der Waals surface area contributed by atoms with Gasteiger partial charge in [0.05, 0.1) is 36.9 Å². The number of hydrogen-bond donors (Lipinski definition) is 2. The molecular weight excluding hydrogens is 336 g/mol. The van der Waals surface area contributed by atoms with Gasteiger partial charge in [-0.2, -0.15) is 0 Å². The summed E-state index contributed by atoms with van der Waals surface area (Å²) in [5.41, 5.74) is 1.01. The Labute approximate surface area is 148 Å². The zero-order valence-electron chi connectivity index (χ0n) is 13.5. The molecule has 0 spiro atoms. The van der Waals surface area contributed by atoms with Gasteiger partial charge in [0.15, 0.2) is 11.4 Å². The maximum absolute atomic E-state index is 12.4. The van der Waals surface area contributed by atoms with Crippen LogP contribution in [-0.2, 0) is 13.1 Å². The van der Waals surface area contributed by atoms with Crippen LogP contribution in [0.25, 0.3) is 0 Å². The molecule has 130 valence electrons. The maximum atomic E-state index is 12.4. The molecule has 10 heteroatoms. The van der Waals surface area contributed by atoms with Crippen LogP contribution in [0.15, 0.2) is 49.6 Å². The van der Waals surface area contributed by atoms with Crippen LogP contribution in [0, 0.1) is 0 Å². The van der Waals surface area contributed by atoms with Crippen LogP contribution < -0.4 is 10.6 Å². The van der Waals surface area contributed by atoms with Crippen LogP contribution in [-0.4, -0.2) is 41.7 Å². The van der Waals surface area contributed by atoms with E-state index in [0.29, 0.717) is 11.4 Å². The number of nitrogens with zero attached hydrogens (tertiary/aromatic N) is 6. The van der Waals surface area contributed by atoms with Gasteiger partial charge < -0.3 is 10.6 Å². The Hall–Kier alpha value is -3.82. The number of nitrogens with one attached hydrogen (secondary N) is 2. The molecule has 10 nitrogen and oxygen atoms in total. The molecule has 0 unspecified atom stereocenters. The normalized spacial score (nSPS) is 10.2. The summed E-state index contributed by atoms with van der Waals surface area (Å²) in [5.74, 6) is -1.07. The quantitative estimate of drug-likeness (QED) is 0.630. The lowest BCUT2D eigenvalue weighted by molar-refractivity contribution is 0.0908. The molecule has 0 aromatic carbocycles. The molecule has 0 radical (unpaired) electrons. The fraction of sp³-hybridized carbons (Fsp3) is 0.125. The summed E-state index contributed by atoms with van der Waals surface area (Å²) < 4.78 is 0. The topological polar surface area (TPSA) is 136 Å². The molecule has 2 amide bonds. The number of carbonyl (C=O) groups excluding carboxylic acids is 2. The van der Waals surface area contributed by atoms with Gasteiger partial charge in [-0.05, 0) is 0 Å². The molecule has 0 saturated carbocycles. The van der Waals surface area contributed by atoms with Crippen LogP contribution in [0.5, 0.6) is 0 Å². The van der Waals surface area contributed by atoms with E-state index in [1.165, 1.54) is 49.6 Å². The first-order chi connectivity index (χ1) is 12.7. The van der Waals surface area contributed by atoms with Gasteiger partial charge in [-0.3, -0.25) is 29.5 Å². The first-order valence-corrected chi connectivity index (χ1v) is 7.61. The third kappa shape index (κ3) is 4.38. The lowest BCUT2D eigenvalue weighted by atomic mass is 10.2. The van der Waals surface area contributed by atoms with Crippen molar-refractivity contribution < 1.29 is 9.59 Å². The number of amides is 2. The summed E-state index contributed by atoms with van der Waals surface area (Å²) in [7, 11) is 0. The molecule has 0 fully saturated rings. The van der Waals surface area contributed by atoms with Crippen LogP contribution in [0.1, 0.15) is 32.4 Å². The van der Waals surface area contributed by atoms with E-state index in [2.05, 4.69) is 40.5 Å². The van der Waals surface area contributed by atoms with Crippen LogP contribution >= 0.6 is 0 Å². The zero-order chi connectivity index (χ0) is 18.2. The fourth-order valence-corrected chi connectivity index (χ4v) is 2.02. The second-order valence-electron chi connectivity index (χ2n) is 5.01. The molecule has 26 heavy (non-hydrogen) atoms. The van der Waals surface area contributed by atoms with Crippen molar-refractivity contribution in [2.75, 3.05) is 0 Å². The van der Waals surface area contributed by atoms with Gasteiger partial charge in [0, 0.05) is 37.2 Å².